The van der Waals surface area contributed by atoms with E-state index in [0.29, 0.717) is 10.9 Å². The summed E-state index contributed by atoms with van der Waals surface area (Å²) in [4.78, 5) is 0. The Balaban J connectivity index is 1.86. The number of benzene rings is 2. The van der Waals surface area contributed by atoms with Crippen LogP contribution in [0.1, 0.15) is 6.42 Å². The zero-order valence-corrected chi connectivity index (χ0v) is 14.9. The molecule has 4 heteroatoms. The van der Waals surface area contributed by atoms with Crippen LogP contribution in [0.25, 0.3) is 0 Å². The minimum Gasteiger partial charge on any atom is -0.115 e. The zero-order valence-electron chi connectivity index (χ0n) is 11.5. The van der Waals surface area contributed by atoms with Crippen molar-refractivity contribution in [2.75, 3.05) is 0 Å². The lowest BCUT2D eigenvalue weighted by Gasteiger charge is -2.29. The Morgan fingerprint density at radius 2 is 1.67 bits per heavy atom. The molecule has 0 aromatic heterocycles. The molecule has 0 bridgehead atoms. The van der Waals surface area contributed by atoms with Gasteiger partial charge in [0, 0.05) is 23.4 Å². The van der Waals surface area contributed by atoms with Gasteiger partial charge in [0.15, 0.2) is 0 Å². The van der Waals surface area contributed by atoms with E-state index in [1.54, 1.807) is 0 Å². The highest BCUT2D eigenvalue weighted by Crippen LogP contribution is 2.90. The maximum absolute atomic E-state index is 6.45. The Kier molecular flexibility index (Phi) is 3.84. The fourth-order valence-electron chi connectivity index (χ4n) is 3.11. The van der Waals surface area contributed by atoms with E-state index in [-0.39, 0.29) is 6.81 Å². The normalized spacial score (nSPS) is 34.0. The molecule has 21 heavy (non-hydrogen) atoms. The fourth-order valence-corrected chi connectivity index (χ4v) is 22.2. The topological polar surface area (TPSA) is 0 Å². The highest BCUT2D eigenvalue weighted by Gasteiger charge is 2.50. The molecule has 1 aliphatic carbocycles. The Morgan fingerprint density at radius 3 is 2.38 bits per heavy atom. The third-order valence-electron chi connectivity index (χ3n) is 4.13. The van der Waals surface area contributed by atoms with Gasteiger partial charge in [0.25, 0.3) is 0 Å². The maximum Gasteiger partial charge on any atom is 0.0360 e. The van der Waals surface area contributed by atoms with Gasteiger partial charge in [-0.15, -0.1) is 11.4 Å². The van der Waals surface area contributed by atoms with E-state index < -0.39 is 5.73 Å². The first kappa shape index (κ1) is 14.2. The van der Waals surface area contributed by atoms with Crippen molar-refractivity contribution in [2.45, 2.75) is 17.3 Å². The zero-order chi connectivity index (χ0) is 14.3. The molecule has 1 aliphatic heterocycles. The van der Waals surface area contributed by atoms with E-state index in [1.807, 2.05) is 0 Å². The lowest BCUT2D eigenvalue weighted by Crippen LogP contribution is -2.17. The Labute approximate surface area is 136 Å². The lowest BCUT2D eigenvalue weighted by atomic mass is 10.3. The second-order valence-corrected chi connectivity index (χ2v) is 17.8. The van der Waals surface area contributed by atoms with Gasteiger partial charge in [-0.05, 0) is 17.0 Å². The molecule has 1 fully saturated rings. The third kappa shape index (κ3) is 2.28. The summed E-state index contributed by atoms with van der Waals surface area (Å²) in [6.07, 6.45) is 5.93. The number of rotatable bonds is 2. The van der Waals surface area contributed by atoms with Gasteiger partial charge in [0.2, 0.25) is 0 Å². The summed E-state index contributed by atoms with van der Waals surface area (Å²) in [5.41, 5.74) is -0.887. The molecule has 0 N–H and O–H groups in total. The number of hydrogen-bond acceptors (Lipinski definition) is 2. The maximum atomic E-state index is 6.45. The van der Waals surface area contributed by atoms with Crippen LogP contribution in [0.2, 0.25) is 0 Å². The second kappa shape index (κ2) is 5.67. The quantitative estimate of drug-likeness (QED) is 0.562. The molecule has 0 radical (unpaired) electrons. The van der Waals surface area contributed by atoms with Crippen LogP contribution in [0, 0.1) is 0 Å². The summed E-state index contributed by atoms with van der Waals surface area (Å²) in [6.45, 7) is -0.304. The molecular weight excluding hydrogens is 330 g/mol. The van der Waals surface area contributed by atoms with Gasteiger partial charge >= 0.3 is 0 Å². The lowest BCUT2D eigenvalue weighted by molar-refractivity contribution is 0.968. The SMILES string of the molecule is S=[P@@]1(c2ccccc2)[C@H]2CC=C[C@H]2S[P@@]1c1ccccc1. The summed E-state index contributed by atoms with van der Waals surface area (Å²) in [7, 11) is 0. The van der Waals surface area contributed by atoms with Crippen molar-refractivity contribution in [3.63, 3.8) is 0 Å². The third-order valence-corrected chi connectivity index (χ3v) is 21.9. The summed E-state index contributed by atoms with van der Waals surface area (Å²) < 4.78 is 0. The molecule has 0 amide bonds. The van der Waals surface area contributed by atoms with Crippen LogP contribution in [-0.4, -0.2) is 10.9 Å². The van der Waals surface area contributed by atoms with E-state index in [2.05, 4.69) is 84.2 Å². The molecule has 2 aromatic carbocycles. The van der Waals surface area contributed by atoms with Crippen molar-refractivity contribution in [3.8, 4) is 0 Å². The largest absolute Gasteiger partial charge is 0.115 e. The molecule has 0 spiro atoms. The molecule has 0 unspecified atom stereocenters. The molecule has 0 nitrogen and oxygen atoms in total. The summed E-state index contributed by atoms with van der Waals surface area (Å²) in [6, 6.07) is 22.0. The van der Waals surface area contributed by atoms with Gasteiger partial charge in [-0.25, -0.2) is 0 Å². The van der Waals surface area contributed by atoms with Crippen LogP contribution in [0.5, 0.6) is 0 Å². The van der Waals surface area contributed by atoms with Crippen molar-refractivity contribution in [1.29, 1.82) is 0 Å². The average molecular weight is 346 g/mol. The summed E-state index contributed by atoms with van der Waals surface area (Å²) in [5, 5.41) is 3.56. The number of hydrogen-bond donors (Lipinski definition) is 0. The van der Waals surface area contributed by atoms with Gasteiger partial charge in [-0.3, -0.25) is 0 Å². The highest BCUT2D eigenvalue weighted by atomic mass is 33.0. The smallest absolute Gasteiger partial charge is 0.0360 e. The van der Waals surface area contributed by atoms with Crippen molar-refractivity contribution >= 4 is 46.3 Å². The standard InChI is InChI=1S/C17H16P2S2/c20-19(15-10-5-2-6-11-15)16-12-7-13-17(16)21-18(19)14-8-3-1-4-9-14/h1-11,13,16-17H,12H2/t16-,17+,18-,19-/m0/s1. The van der Waals surface area contributed by atoms with Crippen molar-refractivity contribution in [3.05, 3.63) is 72.8 Å². The molecule has 0 saturated carbocycles. The first-order valence-electron chi connectivity index (χ1n) is 7.14. The molecular formula is C17H16P2S2. The van der Waals surface area contributed by atoms with E-state index in [0.717, 1.165) is 0 Å². The van der Waals surface area contributed by atoms with Gasteiger partial charge < -0.3 is 0 Å². The van der Waals surface area contributed by atoms with Gasteiger partial charge in [0.1, 0.15) is 0 Å². The molecule has 4 atom stereocenters. The van der Waals surface area contributed by atoms with E-state index >= 15 is 0 Å². The molecule has 1 saturated heterocycles. The van der Waals surface area contributed by atoms with Gasteiger partial charge in [-0.2, -0.15) is 0 Å². The van der Waals surface area contributed by atoms with E-state index in [4.69, 9.17) is 11.8 Å². The van der Waals surface area contributed by atoms with Crippen LogP contribution in [0.15, 0.2) is 72.8 Å². The van der Waals surface area contributed by atoms with Crippen molar-refractivity contribution < 1.29 is 0 Å². The predicted octanol–water partition coefficient (Wildman–Crippen LogP) is 4.87. The summed E-state index contributed by atoms with van der Waals surface area (Å²) >= 11 is 8.61. The van der Waals surface area contributed by atoms with Crippen LogP contribution in [-0.2, 0) is 11.8 Å². The molecule has 1 heterocycles. The number of fused-ring (bicyclic) bond motifs is 1. The minimum atomic E-state index is -1.56. The Morgan fingerprint density at radius 1 is 1.00 bits per heavy atom. The van der Waals surface area contributed by atoms with Crippen molar-refractivity contribution in [1.82, 2.24) is 0 Å². The van der Waals surface area contributed by atoms with Crippen LogP contribution >= 0.6 is 23.9 Å². The summed E-state index contributed by atoms with van der Waals surface area (Å²) in [5.74, 6) is 0. The van der Waals surface area contributed by atoms with E-state index in [9.17, 15) is 0 Å². The first-order valence-corrected chi connectivity index (χ1v) is 13.5. The van der Waals surface area contributed by atoms with Crippen LogP contribution in [0.3, 0.4) is 0 Å². The molecule has 106 valence electrons. The minimum absolute atomic E-state index is 0.304. The number of allylic oxidation sites excluding steroid dienone is 1. The average Bonchev–Trinajstić information content (AvgIpc) is 3.12. The van der Waals surface area contributed by atoms with Crippen LogP contribution < -0.4 is 10.6 Å². The molecule has 2 aromatic rings. The predicted molar refractivity (Wildman–Crippen MR) is 102 cm³/mol. The van der Waals surface area contributed by atoms with E-state index in [1.165, 1.54) is 17.0 Å². The second-order valence-electron chi connectivity index (χ2n) is 5.37. The monoisotopic (exact) mass is 346 g/mol. The Hall–Kier alpha value is -0.390. The Bertz CT molecular complexity index is 712. The van der Waals surface area contributed by atoms with Crippen LogP contribution in [0.4, 0.5) is 0 Å². The highest BCUT2D eigenvalue weighted by molar-refractivity contribution is 8.88. The fraction of sp³-hybridized carbons (Fsp3) is 0.176. The molecule has 4 rings (SSSR count). The van der Waals surface area contributed by atoms with Gasteiger partial charge in [-0.1, -0.05) is 84.6 Å². The van der Waals surface area contributed by atoms with Gasteiger partial charge in [0.05, 0.1) is 0 Å². The van der Waals surface area contributed by atoms with Crippen molar-refractivity contribution in [2.24, 2.45) is 0 Å². The molecule has 2 aliphatic rings. The first-order chi connectivity index (χ1) is 10.3.